The second kappa shape index (κ2) is 6.15. The number of nitrogens with zero attached hydrogens (tertiary/aromatic N) is 2. The van der Waals surface area contributed by atoms with E-state index >= 15 is 0 Å². The molecule has 6 heteroatoms. The lowest BCUT2D eigenvalue weighted by Crippen LogP contribution is -2.27. The van der Waals surface area contributed by atoms with Gasteiger partial charge in [0.05, 0.1) is 23.1 Å². The highest BCUT2D eigenvalue weighted by molar-refractivity contribution is 6.31. The van der Waals surface area contributed by atoms with Crippen LogP contribution in [0.2, 0.25) is 5.02 Å². The van der Waals surface area contributed by atoms with E-state index in [-0.39, 0.29) is 11.8 Å². The van der Waals surface area contributed by atoms with Crippen molar-refractivity contribution in [3.8, 4) is 0 Å². The summed E-state index contributed by atoms with van der Waals surface area (Å²) in [7, 11) is 0. The van der Waals surface area contributed by atoms with Gasteiger partial charge in [0.25, 0.3) is 5.91 Å². The number of carbonyl (C=O) groups is 2. The Kier molecular flexibility index (Phi) is 4.06. The molecule has 1 aliphatic heterocycles. The van der Waals surface area contributed by atoms with E-state index in [1.807, 2.05) is 0 Å². The zero-order valence-corrected chi connectivity index (χ0v) is 12.5. The minimum absolute atomic E-state index is 0.0118. The molecule has 112 valence electrons. The number of amides is 2. The number of carbonyl (C=O) groups excluding carboxylic acids is 2. The molecule has 1 aromatic heterocycles. The zero-order chi connectivity index (χ0) is 15.5. The highest BCUT2D eigenvalue weighted by Crippen LogP contribution is 2.29. The van der Waals surface area contributed by atoms with Crippen molar-refractivity contribution < 1.29 is 9.59 Å². The summed E-state index contributed by atoms with van der Waals surface area (Å²) in [6.07, 6.45) is 4.48. The third kappa shape index (κ3) is 2.94. The third-order valence-electron chi connectivity index (χ3n) is 3.49. The molecule has 2 amide bonds. The molecule has 1 saturated heterocycles. The number of nitrogens with one attached hydrogen (secondary N) is 1. The monoisotopic (exact) mass is 315 g/mol. The number of rotatable bonds is 3. The second-order valence-electron chi connectivity index (χ2n) is 5.01. The first-order chi connectivity index (χ1) is 10.6. The number of benzene rings is 1. The van der Waals surface area contributed by atoms with Gasteiger partial charge in [0.1, 0.15) is 0 Å². The van der Waals surface area contributed by atoms with Crippen molar-refractivity contribution in [2.75, 3.05) is 16.8 Å². The first kappa shape index (κ1) is 14.5. The molecule has 0 unspecified atom stereocenters. The van der Waals surface area contributed by atoms with Crippen LogP contribution >= 0.6 is 11.6 Å². The summed E-state index contributed by atoms with van der Waals surface area (Å²) in [5.74, 6) is -0.280. The van der Waals surface area contributed by atoms with Gasteiger partial charge in [0.15, 0.2) is 0 Å². The number of halogens is 1. The lowest BCUT2D eigenvalue weighted by molar-refractivity contribution is -0.117. The molecule has 1 aromatic carbocycles. The second-order valence-corrected chi connectivity index (χ2v) is 5.44. The van der Waals surface area contributed by atoms with Crippen LogP contribution in [0.3, 0.4) is 0 Å². The maximum absolute atomic E-state index is 12.5. The summed E-state index contributed by atoms with van der Waals surface area (Å²) in [6.45, 7) is 0.604. The van der Waals surface area contributed by atoms with E-state index in [0.717, 1.165) is 6.42 Å². The summed E-state index contributed by atoms with van der Waals surface area (Å²) < 4.78 is 0. The smallest absolute Gasteiger partial charge is 0.257 e. The lowest BCUT2D eigenvalue weighted by atomic mass is 10.1. The molecule has 0 spiro atoms. The molecule has 0 aliphatic carbocycles. The fourth-order valence-electron chi connectivity index (χ4n) is 2.46. The molecule has 0 radical (unpaired) electrons. The van der Waals surface area contributed by atoms with Gasteiger partial charge in [0, 0.05) is 24.2 Å². The summed E-state index contributed by atoms with van der Waals surface area (Å²) in [4.78, 5) is 30.0. The maximum Gasteiger partial charge on any atom is 0.257 e. The summed E-state index contributed by atoms with van der Waals surface area (Å²) >= 11 is 6.03. The van der Waals surface area contributed by atoms with E-state index in [0.29, 0.717) is 34.9 Å². The van der Waals surface area contributed by atoms with Gasteiger partial charge in [-0.05, 0) is 36.8 Å². The van der Waals surface area contributed by atoms with Crippen molar-refractivity contribution >= 4 is 34.8 Å². The molecule has 0 bridgehead atoms. The van der Waals surface area contributed by atoms with E-state index in [4.69, 9.17) is 11.6 Å². The molecule has 0 atom stereocenters. The Balaban J connectivity index is 1.93. The molecular weight excluding hydrogens is 302 g/mol. The van der Waals surface area contributed by atoms with Crippen LogP contribution in [0.4, 0.5) is 11.4 Å². The van der Waals surface area contributed by atoms with Crippen molar-refractivity contribution in [1.82, 2.24) is 4.98 Å². The van der Waals surface area contributed by atoms with Crippen LogP contribution in [0.15, 0.2) is 42.7 Å². The topological polar surface area (TPSA) is 62.3 Å². The van der Waals surface area contributed by atoms with Gasteiger partial charge in [-0.15, -0.1) is 0 Å². The molecule has 1 fully saturated rings. The fraction of sp³-hybridized carbons (Fsp3) is 0.188. The molecule has 0 saturated carbocycles. The van der Waals surface area contributed by atoms with E-state index in [2.05, 4.69) is 10.3 Å². The van der Waals surface area contributed by atoms with Gasteiger partial charge in [-0.2, -0.15) is 0 Å². The minimum Gasteiger partial charge on any atom is -0.321 e. The summed E-state index contributed by atoms with van der Waals surface area (Å²) in [5, 5.41) is 3.27. The average Bonchev–Trinajstić information content (AvgIpc) is 2.94. The lowest BCUT2D eigenvalue weighted by Gasteiger charge is -2.19. The largest absolute Gasteiger partial charge is 0.321 e. The third-order valence-corrected chi connectivity index (χ3v) is 3.72. The molecule has 2 aromatic rings. The van der Waals surface area contributed by atoms with Gasteiger partial charge in [-0.1, -0.05) is 11.6 Å². The van der Waals surface area contributed by atoms with Gasteiger partial charge in [-0.25, -0.2) is 0 Å². The number of hydrogen-bond acceptors (Lipinski definition) is 3. The van der Waals surface area contributed by atoms with Crippen molar-refractivity contribution in [2.45, 2.75) is 12.8 Å². The average molecular weight is 316 g/mol. The van der Waals surface area contributed by atoms with Gasteiger partial charge < -0.3 is 10.2 Å². The van der Waals surface area contributed by atoms with Crippen molar-refractivity contribution in [3.05, 3.63) is 53.3 Å². The van der Waals surface area contributed by atoms with Crippen molar-refractivity contribution in [2.24, 2.45) is 0 Å². The Hall–Kier alpha value is -2.40. The maximum atomic E-state index is 12.5. The van der Waals surface area contributed by atoms with Gasteiger partial charge >= 0.3 is 0 Å². The first-order valence-electron chi connectivity index (χ1n) is 6.96. The number of aromatic nitrogens is 1. The summed E-state index contributed by atoms with van der Waals surface area (Å²) in [5.41, 5.74) is 1.57. The Bertz CT molecular complexity index is 719. The molecule has 1 N–H and O–H groups in total. The van der Waals surface area contributed by atoms with E-state index in [1.165, 1.54) is 0 Å². The van der Waals surface area contributed by atoms with Crippen molar-refractivity contribution in [3.63, 3.8) is 0 Å². The molecule has 22 heavy (non-hydrogen) atoms. The number of anilines is 2. The fourth-order valence-corrected chi connectivity index (χ4v) is 2.62. The molecule has 5 nitrogen and oxygen atoms in total. The molecule has 1 aliphatic rings. The molecule has 3 rings (SSSR count). The predicted octanol–water partition coefficient (Wildman–Crippen LogP) is 3.11. The van der Waals surface area contributed by atoms with Gasteiger partial charge in [0.2, 0.25) is 5.91 Å². The molecular formula is C16H14ClN3O2. The van der Waals surface area contributed by atoms with Gasteiger partial charge in [-0.3, -0.25) is 14.6 Å². The minimum atomic E-state index is -0.292. The first-order valence-corrected chi connectivity index (χ1v) is 7.34. The zero-order valence-electron chi connectivity index (χ0n) is 11.8. The number of hydrogen-bond donors (Lipinski definition) is 1. The van der Waals surface area contributed by atoms with Crippen LogP contribution in [0.5, 0.6) is 0 Å². The van der Waals surface area contributed by atoms with E-state index in [1.54, 1.807) is 47.6 Å². The highest BCUT2D eigenvalue weighted by Gasteiger charge is 2.26. The Morgan fingerprint density at radius 1 is 1.32 bits per heavy atom. The Morgan fingerprint density at radius 2 is 2.18 bits per heavy atom. The standard InChI is InChI=1S/C16H14ClN3O2/c17-11-5-6-13(14(9-11)20-8-2-4-15(20)21)16(22)19-12-3-1-7-18-10-12/h1,3,5-7,9-10H,2,4,8H2,(H,19,22). The van der Waals surface area contributed by atoms with Crippen LogP contribution in [0.25, 0.3) is 0 Å². The van der Waals surface area contributed by atoms with Crippen LogP contribution < -0.4 is 10.2 Å². The van der Waals surface area contributed by atoms with E-state index in [9.17, 15) is 9.59 Å². The predicted molar refractivity (Wildman–Crippen MR) is 85.2 cm³/mol. The SMILES string of the molecule is O=C(Nc1cccnc1)c1ccc(Cl)cc1N1CCCC1=O. The van der Waals surface area contributed by atoms with E-state index < -0.39 is 0 Å². The highest BCUT2D eigenvalue weighted by atomic mass is 35.5. The van der Waals surface area contributed by atoms with Crippen LogP contribution in [-0.4, -0.2) is 23.3 Å². The normalized spacial score (nSPS) is 14.2. The summed E-state index contributed by atoms with van der Waals surface area (Å²) in [6, 6.07) is 8.42. The van der Waals surface area contributed by atoms with Crippen LogP contribution in [0.1, 0.15) is 23.2 Å². The number of pyridine rings is 1. The Morgan fingerprint density at radius 3 is 2.86 bits per heavy atom. The van der Waals surface area contributed by atoms with Crippen molar-refractivity contribution in [1.29, 1.82) is 0 Å². The Labute approximate surface area is 132 Å². The van der Waals surface area contributed by atoms with Crippen LogP contribution in [-0.2, 0) is 4.79 Å². The van der Waals surface area contributed by atoms with Crippen LogP contribution in [0, 0.1) is 0 Å². The molecule has 2 heterocycles. The quantitative estimate of drug-likeness (QED) is 0.946.